The number of benzene rings is 4. The van der Waals surface area contributed by atoms with Crippen molar-refractivity contribution >= 4 is 23.1 Å². The fourth-order valence-electron chi connectivity index (χ4n) is 3.73. The minimum absolute atomic E-state index is 1.26. The van der Waals surface area contributed by atoms with Crippen molar-refractivity contribution in [2.24, 2.45) is 0 Å². The molecule has 0 bridgehead atoms. The molecule has 0 N–H and O–H groups in total. The molecule has 136 valence electrons. The smallest absolute Gasteiger partial charge is 0.0550 e. The van der Waals surface area contributed by atoms with E-state index < -0.39 is 0 Å². The van der Waals surface area contributed by atoms with Gasteiger partial charge in [-0.15, -0.1) is 0 Å². The minimum atomic E-state index is 1.26. The molecular weight excluding hydrogens is 358 g/mol. The Bertz CT molecular complexity index is 1150. The normalized spacial score (nSPS) is 12.4. The van der Waals surface area contributed by atoms with Crippen molar-refractivity contribution in [1.29, 1.82) is 0 Å². The second-order valence-electron chi connectivity index (χ2n) is 7.26. The fraction of sp³-hybridized carbons (Fsp3) is 0.0769. The summed E-state index contributed by atoms with van der Waals surface area (Å²) in [7, 11) is 2.16. The fourth-order valence-corrected chi connectivity index (χ4v) is 4.96. The number of aryl methyl sites for hydroxylation is 1. The molecule has 1 aliphatic rings. The molecule has 1 nitrogen and oxygen atoms in total. The topological polar surface area (TPSA) is 3.24 Å². The van der Waals surface area contributed by atoms with Gasteiger partial charge in [-0.2, -0.15) is 0 Å². The molecular formula is C26H21NS. The van der Waals surface area contributed by atoms with Crippen molar-refractivity contribution in [3.8, 4) is 22.3 Å². The largest absolute Gasteiger partial charge is 0.343 e. The van der Waals surface area contributed by atoms with Crippen molar-refractivity contribution < 1.29 is 0 Å². The van der Waals surface area contributed by atoms with E-state index in [1.807, 2.05) is 11.8 Å². The van der Waals surface area contributed by atoms with Gasteiger partial charge in [0.2, 0.25) is 0 Å². The molecule has 0 saturated carbocycles. The molecule has 0 aliphatic carbocycles. The first-order chi connectivity index (χ1) is 13.7. The highest BCUT2D eigenvalue weighted by Crippen LogP contribution is 2.49. The van der Waals surface area contributed by atoms with Gasteiger partial charge in [-0.25, -0.2) is 0 Å². The van der Waals surface area contributed by atoms with Gasteiger partial charge in [-0.05, 0) is 53.4 Å². The third kappa shape index (κ3) is 3.00. The Morgan fingerprint density at radius 2 is 1.07 bits per heavy atom. The summed E-state index contributed by atoms with van der Waals surface area (Å²) in [5.74, 6) is 0. The van der Waals surface area contributed by atoms with Crippen molar-refractivity contribution in [3.05, 3.63) is 96.6 Å². The van der Waals surface area contributed by atoms with Crippen LogP contribution in [0.4, 0.5) is 11.4 Å². The maximum atomic E-state index is 2.32. The summed E-state index contributed by atoms with van der Waals surface area (Å²) < 4.78 is 0. The molecule has 4 aromatic rings. The van der Waals surface area contributed by atoms with Gasteiger partial charge in [-0.1, -0.05) is 84.1 Å². The lowest BCUT2D eigenvalue weighted by Crippen LogP contribution is -2.14. The van der Waals surface area contributed by atoms with Crippen molar-refractivity contribution in [1.82, 2.24) is 0 Å². The first-order valence-corrected chi connectivity index (χ1v) is 10.3. The van der Waals surface area contributed by atoms with Gasteiger partial charge in [0.05, 0.1) is 11.4 Å². The third-order valence-corrected chi connectivity index (χ3v) is 6.45. The summed E-state index contributed by atoms with van der Waals surface area (Å²) in [4.78, 5) is 4.91. The van der Waals surface area contributed by atoms with E-state index in [2.05, 4.69) is 110 Å². The molecule has 0 aromatic heterocycles. The van der Waals surface area contributed by atoms with Crippen LogP contribution in [0.1, 0.15) is 5.56 Å². The Labute approximate surface area is 170 Å². The van der Waals surface area contributed by atoms with Crippen LogP contribution in [0.3, 0.4) is 0 Å². The Balaban J connectivity index is 1.55. The van der Waals surface area contributed by atoms with E-state index in [1.165, 1.54) is 49.0 Å². The van der Waals surface area contributed by atoms with E-state index >= 15 is 0 Å². The number of nitrogens with zero attached hydrogens (tertiary/aromatic N) is 1. The van der Waals surface area contributed by atoms with Crippen molar-refractivity contribution in [3.63, 3.8) is 0 Å². The lowest BCUT2D eigenvalue weighted by atomic mass is 10.0. The molecule has 0 fully saturated rings. The molecule has 0 amide bonds. The molecule has 0 saturated heterocycles. The van der Waals surface area contributed by atoms with Gasteiger partial charge in [-0.3, -0.25) is 0 Å². The molecule has 0 unspecified atom stereocenters. The predicted octanol–water partition coefficient (Wildman–Crippen LogP) is 7.56. The Morgan fingerprint density at radius 1 is 0.571 bits per heavy atom. The van der Waals surface area contributed by atoms with Crippen LogP contribution in [0.2, 0.25) is 0 Å². The van der Waals surface area contributed by atoms with E-state index in [1.54, 1.807) is 0 Å². The van der Waals surface area contributed by atoms with E-state index in [-0.39, 0.29) is 0 Å². The highest BCUT2D eigenvalue weighted by molar-refractivity contribution is 7.99. The number of hydrogen-bond donors (Lipinski definition) is 0. The zero-order chi connectivity index (χ0) is 19.1. The molecule has 0 radical (unpaired) electrons. The second-order valence-corrected chi connectivity index (χ2v) is 8.34. The monoisotopic (exact) mass is 379 g/mol. The van der Waals surface area contributed by atoms with Gasteiger partial charge in [0, 0.05) is 16.8 Å². The summed E-state index contributed by atoms with van der Waals surface area (Å²) >= 11 is 1.87. The summed E-state index contributed by atoms with van der Waals surface area (Å²) in [5, 5.41) is 0. The predicted molar refractivity (Wildman–Crippen MR) is 121 cm³/mol. The van der Waals surface area contributed by atoms with Crippen LogP contribution >= 0.6 is 11.8 Å². The second kappa shape index (κ2) is 6.88. The summed E-state index contributed by atoms with van der Waals surface area (Å²) in [6, 6.07) is 32.9. The van der Waals surface area contributed by atoms with Crippen molar-refractivity contribution in [2.75, 3.05) is 11.9 Å². The van der Waals surface area contributed by atoms with Gasteiger partial charge in [0.1, 0.15) is 0 Å². The van der Waals surface area contributed by atoms with Crippen LogP contribution in [0, 0.1) is 6.92 Å². The SMILES string of the molecule is Cc1ccc(-c2ccc3c(c2)Sc2cc(-c4ccccc4)ccc2N3C)cc1. The molecule has 0 atom stereocenters. The van der Waals surface area contributed by atoms with Crippen molar-refractivity contribution in [2.45, 2.75) is 16.7 Å². The first-order valence-electron chi connectivity index (χ1n) is 9.51. The third-order valence-electron chi connectivity index (χ3n) is 5.35. The van der Waals surface area contributed by atoms with Crippen LogP contribution in [0.5, 0.6) is 0 Å². The van der Waals surface area contributed by atoms with Crippen LogP contribution in [0.15, 0.2) is 101 Å². The minimum Gasteiger partial charge on any atom is -0.343 e. The average Bonchev–Trinajstić information content (AvgIpc) is 2.74. The Morgan fingerprint density at radius 3 is 1.64 bits per heavy atom. The lowest BCUT2D eigenvalue weighted by Gasteiger charge is -2.30. The number of fused-ring (bicyclic) bond motifs is 2. The van der Waals surface area contributed by atoms with Gasteiger partial charge in [0.25, 0.3) is 0 Å². The zero-order valence-electron chi connectivity index (χ0n) is 16.0. The van der Waals surface area contributed by atoms with E-state index in [4.69, 9.17) is 0 Å². The van der Waals surface area contributed by atoms with Gasteiger partial charge in [0.15, 0.2) is 0 Å². The molecule has 5 rings (SSSR count). The van der Waals surface area contributed by atoms with Crippen LogP contribution in [0.25, 0.3) is 22.3 Å². The van der Waals surface area contributed by atoms with E-state index in [9.17, 15) is 0 Å². The van der Waals surface area contributed by atoms with E-state index in [0.29, 0.717) is 0 Å². The lowest BCUT2D eigenvalue weighted by molar-refractivity contribution is 1.11. The van der Waals surface area contributed by atoms with E-state index in [0.717, 1.165) is 0 Å². The number of hydrogen-bond acceptors (Lipinski definition) is 2. The maximum absolute atomic E-state index is 2.32. The molecule has 28 heavy (non-hydrogen) atoms. The summed E-state index contributed by atoms with van der Waals surface area (Å²) in [6.07, 6.45) is 0. The Hall–Kier alpha value is -2.97. The average molecular weight is 380 g/mol. The standard InChI is InChI=1S/C26H21NS/c1-18-8-10-20(11-9-18)22-13-15-24-26(17-22)28-25-16-21(12-14-23(25)27(24)2)19-6-4-3-5-7-19/h3-17H,1-2H3. The Kier molecular flexibility index (Phi) is 4.22. The highest BCUT2D eigenvalue weighted by atomic mass is 32.2. The van der Waals surface area contributed by atoms with Gasteiger partial charge >= 0.3 is 0 Å². The molecule has 1 aliphatic heterocycles. The molecule has 0 spiro atoms. The molecule has 4 aromatic carbocycles. The number of anilines is 2. The van der Waals surface area contributed by atoms with Crippen LogP contribution < -0.4 is 4.90 Å². The number of rotatable bonds is 2. The first kappa shape index (κ1) is 17.2. The summed E-state index contributed by atoms with van der Waals surface area (Å²) in [6.45, 7) is 2.13. The zero-order valence-corrected chi connectivity index (χ0v) is 16.8. The molecule has 2 heteroatoms. The van der Waals surface area contributed by atoms with Crippen LogP contribution in [-0.4, -0.2) is 7.05 Å². The quantitative estimate of drug-likeness (QED) is 0.353. The van der Waals surface area contributed by atoms with Crippen LogP contribution in [-0.2, 0) is 0 Å². The highest BCUT2D eigenvalue weighted by Gasteiger charge is 2.21. The maximum Gasteiger partial charge on any atom is 0.0550 e. The molecule has 1 heterocycles. The summed E-state index contributed by atoms with van der Waals surface area (Å²) in [5.41, 5.74) is 8.87. The van der Waals surface area contributed by atoms with Gasteiger partial charge < -0.3 is 4.90 Å².